The minimum Gasteiger partial charge on any atom is -0.444 e. The van der Waals surface area contributed by atoms with Crippen LogP contribution in [0.3, 0.4) is 0 Å². The monoisotopic (exact) mass is 336 g/mol. The molecule has 0 aliphatic heterocycles. The third-order valence-corrected chi connectivity index (χ3v) is 5.51. The number of thiophene rings is 1. The number of amides is 1. The number of nitrogens with one attached hydrogen (secondary N) is 2. The molecule has 1 aromatic heterocycles. The Hall–Kier alpha value is -1.07. The van der Waals surface area contributed by atoms with Crippen molar-refractivity contribution in [3.63, 3.8) is 0 Å². The average Bonchev–Trinajstić information content (AvgIpc) is 2.95. The summed E-state index contributed by atoms with van der Waals surface area (Å²) in [7, 11) is 0. The molecule has 0 saturated heterocycles. The second kappa shape index (κ2) is 6.81. The van der Waals surface area contributed by atoms with E-state index in [0.717, 1.165) is 25.2 Å². The summed E-state index contributed by atoms with van der Waals surface area (Å²) in [5.41, 5.74) is -0.445. The van der Waals surface area contributed by atoms with Gasteiger partial charge in [-0.2, -0.15) is 0 Å². The highest BCUT2D eigenvalue weighted by molar-refractivity contribution is 7.10. The van der Waals surface area contributed by atoms with Crippen molar-refractivity contribution in [3.8, 4) is 0 Å². The van der Waals surface area contributed by atoms with E-state index in [1.54, 1.807) is 0 Å². The van der Waals surface area contributed by atoms with Crippen LogP contribution in [0.4, 0.5) is 4.79 Å². The van der Waals surface area contributed by atoms with Crippen LogP contribution < -0.4 is 10.6 Å². The summed E-state index contributed by atoms with van der Waals surface area (Å²) in [6.07, 6.45) is 5.63. The zero-order chi connectivity index (χ0) is 16.4. The Bertz CT molecular complexity index is 520. The van der Waals surface area contributed by atoms with Crippen LogP contribution in [0, 0.1) is 5.92 Å². The van der Waals surface area contributed by atoms with Crippen LogP contribution in [0.1, 0.15) is 63.8 Å². The molecule has 3 rings (SSSR count). The van der Waals surface area contributed by atoms with E-state index in [0.29, 0.717) is 12.1 Å². The number of hydrogen-bond acceptors (Lipinski definition) is 4. The molecule has 2 saturated carbocycles. The minimum atomic E-state index is -0.445. The fourth-order valence-corrected chi connectivity index (χ4v) is 4.25. The normalized spacial score (nSPS) is 26.0. The van der Waals surface area contributed by atoms with Crippen molar-refractivity contribution < 1.29 is 9.53 Å². The maximum Gasteiger partial charge on any atom is 0.407 e. The smallest absolute Gasteiger partial charge is 0.407 e. The van der Waals surface area contributed by atoms with Crippen LogP contribution in [0.15, 0.2) is 17.5 Å². The molecular formula is C18H28N2O2S. The summed E-state index contributed by atoms with van der Waals surface area (Å²) in [4.78, 5) is 13.5. The van der Waals surface area contributed by atoms with Gasteiger partial charge in [0, 0.05) is 23.0 Å². The maximum absolute atomic E-state index is 12.1. The largest absolute Gasteiger partial charge is 0.444 e. The standard InChI is InChI=1S/C18H28N2O2S/c1-18(2,3)22-17(21)20-14-7-4-6-13(14)19-16(12-9-10-12)15-8-5-11-23-15/h5,8,11-14,16,19H,4,6-7,9-10H2,1-3H3,(H,20,21). The summed E-state index contributed by atoms with van der Waals surface area (Å²) in [6, 6.07) is 5.32. The van der Waals surface area contributed by atoms with Gasteiger partial charge in [0.1, 0.15) is 5.60 Å². The van der Waals surface area contributed by atoms with Crippen molar-refractivity contribution in [1.29, 1.82) is 0 Å². The summed E-state index contributed by atoms with van der Waals surface area (Å²) < 4.78 is 5.41. The van der Waals surface area contributed by atoms with Gasteiger partial charge in [-0.15, -0.1) is 11.3 Å². The lowest BCUT2D eigenvalue weighted by Crippen LogP contribution is -2.49. The fourth-order valence-electron chi connectivity index (χ4n) is 3.37. The topological polar surface area (TPSA) is 50.4 Å². The van der Waals surface area contributed by atoms with Crippen LogP contribution in [0.25, 0.3) is 0 Å². The van der Waals surface area contributed by atoms with Crippen LogP contribution in [-0.4, -0.2) is 23.8 Å². The fraction of sp³-hybridized carbons (Fsp3) is 0.722. The molecule has 1 amide bonds. The lowest BCUT2D eigenvalue weighted by atomic mass is 10.1. The molecule has 0 spiro atoms. The van der Waals surface area contributed by atoms with Crippen molar-refractivity contribution in [2.75, 3.05) is 0 Å². The van der Waals surface area contributed by atoms with Gasteiger partial charge < -0.3 is 15.4 Å². The lowest BCUT2D eigenvalue weighted by Gasteiger charge is -2.28. The molecule has 2 fully saturated rings. The van der Waals surface area contributed by atoms with Gasteiger partial charge >= 0.3 is 6.09 Å². The first-order valence-electron chi connectivity index (χ1n) is 8.71. The Labute approximate surface area is 143 Å². The molecule has 1 aromatic rings. The second-order valence-corrected chi connectivity index (χ2v) is 8.77. The lowest BCUT2D eigenvalue weighted by molar-refractivity contribution is 0.0496. The molecule has 2 aliphatic rings. The van der Waals surface area contributed by atoms with E-state index >= 15 is 0 Å². The maximum atomic E-state index is 12.1. The SMILES string of the molecule is CC(C)(C)OC(=O)NC1CCCC1NC(c1cccs1)C1CC1. The van der Waals surface area contributed by atoms with E-state index in [1.165, 1.54) is 17.7 Å². The highest BCUT2D eigenvalue weighted by atomic mass is 32.1. The number of alkyl carbamates (subject to hydrolysis) is 1. The van der Waals surface area contributed by atoms with E-state index in [9.17, 15) is 4.79 Å². The molecule has 4 nitrogen and oxygen atoms in total. The Kier molecular flexibility index (Phi) is 4.97. The van der Waals surface area contributed by atoms with Crippen LogP contribution in [0.5, 0.6) is 0 Å². The number of ether oxygens (including phenoxy) is 1. The first-order chi connectivity index (χ1) is 10.9. The van der Waals surface area contributed by atoms with E-state index < -0.39 is 5.60 Å². The number of rotatable bonds is 5. The molecule has 5 heteroatoms. The van der Waals surface area contributed by atoms with E-state index in [1.807, 2.05) is 32.1 Å². The Balaban J connectivity index is 1.59. The molecule has 1 heterocycles. The van der Waals surface area contributed by atoms with E-state index in [4.69, 9.17) is 4.74 Å². The molecule has 23 heavy (non-hydrogen) atoms. The van der Waals surface area contributed by atoms with Gasteiger partial charge in [-0.05, 0) is 70.2 Å². The second-order valence-electron chi connectivity index (χ2n) is 7.79. The third kappa shape index (κ3) is 4.70. The van der Waals surface area contributed by atoms with Crippen LogP contribution >= 0.6 is 11.3 Å². The quantitative estimate of drug-likeness (QED) is 0.846. The summed E-state index contributed by atoms with van der Waals surface area (Å²) in [6.45, 7) is 5.70. The van der Waals surface area contributed by atoms with Gasteiger partial charge in [0.05, 0.1) is 0 Å². The van der Waals surface area contributed by atoms with E-state index in [2.05, 4.69) is 28.1 Å². The van der Waals surface area contributed by atoms with Gasteiger partial charge in [0.25, 0.3) is 0 Å². The first-order valence-corrected chi connectivity index (χ1v) is 9.59. The zero-order valence-electron chi connectivity index (χ0n) is 14.3. The van der Waals surface area contributed by atoms with Crippen molar-refractivity contribution in [2.24, 2.45) is 5.92 Å². The van der Waals surface area contributed by atoms with E-state index in [-0.39, 0.29) is 12.1 Å². The van der Waals surface area contributed by atoms with Crippen molar-refractivity contribution in [3.05, 3.63) is 22.4 Å². The Morgan fingerprint density at radius 1 is 1.26 bits per heavy atom. The number of carbonyl (C=O) groups is 1. The van der Waals surface area contributed by atoms with Gasteiger partial charge in [0.2, 0.25) is 0 Å². The first kappa shape index (κ1) is 16.8. The third-order valence-electron chi connectivity index (χ3n) is 4.55. The predicted molar refractivity (Wildman–Crippen MR) is 93.7 cm³/mol. The van der Waals surface area contributed by atoms with Gasteiger partial charge in [0.15, 0.2) is 0 Å². The van der Waals surface area contributed by atoms with Gasteiger partial charge in [-0.1, -0.05) is 6.07 Å². The Morgan fingerprint density at radius 2 is 2.00 bits per heavy atom. The number of carbonyl (C=O) groups excluding carboxylic acids is 1. The molecule has 0 aromatic carbocycles. The van der Waals surface area contributed by atoms with Gasteiger partial charge in [-0.3, -0.25) is 0 Å². The highest BCUT2D eigenvalue weighted by Gasteiger charge is 2.38. The summed E-state index contributed by atoms with van der Waals surface area (Å²) >= 11 is 1.83. The highest BCUT2D eigenvalue weighted by Crippen LogP contribution is 2.43. The molecule has 2 N–H and O–H groups in total. The zero-order valence-corrected chi connectivity index (χ0v) is 15.1. The molecule has 3 atom stereocenters. The number of hydrogen-bond donors (Lipinski definition) is 2. The molecule has 128 valence electrons. The van der Waals surface area contributed by atoms with Crippen molar-refractivity contribution in [2.45, 2.75) is 76.6 Å². The minimum absolute atomic E-state index is 0.172. The Morgan fingerprint density at radius 3 is 2.61 bits per heavy atom. The molecular weight excluding hydrogens is 308 g/mol. The predicted octanol–water partition coefficient (Wildman–Crippen LogP) is 4.23. The molecule has 3 unspecified atom stereocenters. The van der Waals surface area contributed by atoms with Crippen LogP contribution in [-0.2, 0) is 4.74 Å². The molecule has 0 bridgehead atoms. The summed E-state index contributed by atoms with van der Waals surface area (Å²) in [5.74, 6) is 0.761. The molecule has 2 aliphatic carbocycles. The van der Waals surface area contributed by atoms with Gasteiger partial charge in [-0.25, -0.2) is 4.79 Å². The van der Waals surface area contributed by atoms with Crippen molar-refractivity contribution >= 4 is 17.4 Å². The average molecular weight is 337 g/mol. The molecule has 0 radical (unpaired) electrons. The van der Waals surface area contributed by atoms with Crippen molar-refractivity contribution in [1.82, 2.24) is 10.6 Å². The van der Waals surface area contributed by atoms with Crippen LogP contribution in [0.2, 0.25) is 0 Å². The summed E-state index contributed by atoms with van der Waals surface area (Å²) in [5, 5.41) is 9.06.